The zero-order valence-electron chi connectivity index (χ0n) is 11.6. The second-order valence-electron chi connectivity index (χ2n) is 4.93. The van der Waals surface area contributed by atoms with Gasteiger partial charge in [0.05, 0.1) is 0 Å². The predicted octanol–water partition coefficient (Wildman–Crippen LogP) is 0.128. The van der Waals surface area contributed by atoms with Crippen molar-refractivity contribution in [1.29, 1.82) is 0 Å². The smallest absolute Gasteiger partial charge is 0.263 e. The van der Waals surface area contributed by atoms with Gasteiger partial charge in [-0.3, -0.25) is 14.4 Å². The Morgan fingerprint density at radius 1 is 1.40 bits per heavy atom. The zero-order valence-corrected chi connectivity index (χ0v) is 11.6. The van der Waals surface area contributed by atoms with Crippen LogP contribution < -0.4 is 10.9 Å². The molecule has 1 fully saturated rings. The van der Waals surface area contributed by atoms with Gasteiger partial charge in [-0.15, -0.1) is 0 Å². The van der Waals surface area contributed by atoms with Crippen molar-refractivity contribution in [3.8, 4) is 0 Å². The van der Waals surface area contributed by atoms with Crippen molar-refractivity contribution in [2.24, 2.45) is 7.05 Å². The van der Waals surface area contributed by atoms with Crippen LogP contribution in [0, 0.1) is 0 Å². The lowest BCUT2D eigenvalue weighted by molar-refractivity contribution is -0.127. The van der Waals surface area contributed by atoms with E-state index in [1.807, 2.05) is 4.90 Å². The first-order valence-electron chi connectivity index (χ1n) is 6.81. The van der Waals surface area contributed by atoms with E-state index in [1.165, 1.54) is 10.6 Å². The van der Waals surface area contributed by atoms with Crippen molar-refractivity contribution >= 4 is 11.8 Å². The van der Waals surface area contributed by atoms with Gasteiger partial charge in [0.2, 0.25) is 5.91 Å². The maximum absolute atomic E-state index is 11.9. The number of amides is 2. The Morgan fingerprint density at radius 3 is 2.90 bits per heavy atom. The van der Waals surface area contributed by atoms with Crippen molar-refractivity contribution in [2.75, 3.05) is 19.6 Å². The van der Waals surface area contributed by atoms with Crippen LogP contribution >= 0.6 is 0 Å². The summed E-state index contributed by atoms with van der Waals surface area (Å²) in [5.41, 5.74) is -0.160. The fourth-order valence-electron chi connectivity index (χ4n) is 2.28. The van der Waals surface area contributed by atoms with E-state index in [4.69, 9.17) is 0 Å². The quantitative estimate of drug-likeness (QED) is 0.778. The van der Waals surface area contributed by atoms with Gasteiger partial charge in [-0.05, 0) is 25.0 Å². The molecule has 0 aromatic carbocycles. The molecule has 1 aromatic rings. The van der Waals surface area contributed by atoms with E-state index in [2.05, 4.69) is 5.32 Å². The zero-order chi connectivity index (χ0) is 14.5. The molecule has 20 heavy (non-hydrogen) atoms. The van der Waals surface area contributed by atoms with Gasteiger partial charge in [0.1, 0.15) is 5.56 Å². The van der Waals surface area contributed by atoms with Crippen molar-refractivity contribution in [1.82, 2.24) is 14.8 Å². The second kappa shape index (κ2) is 6.36. The highest BCUT2D eigenvalue weighted by Crippen LogP contribution is 2.09. The van der Waals surface area contributed by atoms with E-state index in [-0.39, 0.29) is 22.9 Å². The third-order valence-electron chi connectivity index (χ3n) is 3.43. The summed E-state index contributed by atoms with van der Waals surface area (Å²) < 4.78 is 1.37. The predicted molar refractivity (Wildman–Crippen MR) is 74.4 cm³/mol. The molecule has 2 rings (SSSR count). The van der Waals surface area contributed by atoms with Crippen LogP contribution in [0.3, 0.4) is 0 Å². The van der Waals surface area contributed by atoms with E-state index in [1.54, 1.807) is 19.3 Å². The van der Waals surface area contributed by atoms with Gasteiger partial charge < -0.3 is 14.8 Å². The van der Waals surface area contributed by atoms with Gasteiger partial charge in [-0.1, -0.05) is 0 Å². The molecule has 0 bridgehead atoms. The van der Waals surface area contributed by atoms with Crippen molar-refractivity contribution < 1.29 is 9.59 Å². The fourth-order valence-corrected chi connectivity index (χ4v) is 2.28. The third kappa shape index (κ3) is 3.26. The van der Waals surface area contributed by atoms with Crippen LogP contribution in [-0.4, -0.2) is 40.9 Å². The Bertz CT molecular complexity index is 565. The molecule has 1 N–H and O–H groups in total. The van der Waals surface area contributed by atoms with Crippen molar-refractivity contribution in [2.45, 2.75) is 19.3 Å². The molecular formula is C14H19N3O3. The van der Waals surface area contributed by atoms with E-state index in [0.717, 1.165) is 13.0 Å². The molecule has 2 heterocycles. The molecule has 0 radical (unpaired) electrons. The number of pyridine rings is 1. The van der Waals surface area contributed by atoms with Crippen LogP contribution in [0.25, 0.3) is 0 Å². The van der Waals surface area contributed by atoms with Gasteiger partial charge in [0, 0.05) is 39.3 Å². The number of likely N-dealkylation sites (tertiary alicyclic amines) is 1. The van der Waals surface area contributed by atoms with E-state index in [9.17, 15) is 14.4 Å². The highest BCUT2D eigenvalue weighted by Gasteiger charge is 2.19. The molecule has 0 unspecified atom stereocenters. The van der Waals surface area contributed by atoms with Gasteiger partial charge in [0.15, 0.2) is 0 Å². The summed E-state index contributed by atoms with van der Waals surface area (Å²) in [6, 6.07) is 3.18. The maximum atomic E-state index is 11.9. The average molecular weight is 277 g/mol. The number of aryl methyl sites for hydroxylation is 1. The summed E-state index contributed by atoms with van der Waals surface area (Å²) in [7, 11) is 1.61. The standard InChI is InChI=1S/C14H19N3O3/c1-16-8-2-5-11(14(16)20)13(19)15-7-4-10-17-9-3-6-12(17)18/h2,5,8H,3-4,6-7,9-10H2,1H3,(H,15,19). The lowest BCUT2D eigenvalue weighted by Gasteiger charge is -2.15. The summed E-state index contributed by atoms with van der Waals surface area (Å²) >= 11 is 0. The SMILES string of the molecule is Cn1cccc(C(=O)NCCCN2CCCC2=O)c1=O. The maximum Gasteiger partial charge on any atom is 0.263 e. The molecule has 1 saturated heterocycles. The average Bonchev–Trinajstić information content (AvgIpc) is 2.83. The Morgan fingerprint density at radius 2 is 2.20 bits per heavy atom. The second-order valence-corrected chi connectivity index (χ2v) is 4.93. The lowest BCUT2D eigenvalue weighted by Crippen LogP contribution is -2.34. The first-order chi connectivity index (χ1) is 9.59. The molecule has 1 aliphatic heterocycles. The summed E-state index contributed by atoms with van der Waals surface area (Å²) in [6.07, 6.45) is 3.86. The van der Waals surface area contributed by atoms with Gasteiger partial charge in [-0.25, -0.2) is 0 Å². The molecule has 108 valence electrons. The molecule has 0 spiro atoms. The number of hydrogen-bond acceptors (Lipinski definition) is 3. The number of nitrogens with zero attached hydrogens (tertiary/aromatic N) is 2. The summed E-state index contributed by atoms with van der Waals surface area (Å²) in [5, 5.41) is 2.72. The Labute approximate surface area is 117 Å². The third-order valence-corrected chi connectivity index (χ3v) is 3.43. The molecule has 0 saturated carbocycles. The van der Waals surface area contributed by atoms with Gasteiger partial charge in [-0.2, -0.15) is 0 Å². The number of aromatic nitrogens is 1. The highest BCUT2D eigenvalue weighted by molar-refractivity contribution is 5.93. The number of carbonyl (C=O) groups excluding carboxylic acids is 2. The van der Waals surface area contributed by atoms with Crippen LogP contribution in [0.15, 0.2) is 23.1 Å². The van der Waals surface area contributed by atoms with E-state index < -0.39 is 0 Å². The molecule has 6 nitrogen and oxygen atoms in total. The van der Waals surface area contributed by atoms with Crippen molar-refractivity contribution in [3.05, 3.63) is 34.2 Å². The molecule has 1 aliphatic rings. The van der Waals surface area contributed by atoms with Crippen LogP contribution in [0.4, 0.5) is 0 Å². The van der Waals surface area contributed by atoms with Crippen LogP contribution in [-0.2, 0) is 11.8 Å². The molecule has 2 amide bonds. The molecular weight excluding hydrogens is 258 g/mol. The van der Waals surface area contributed by atoms with Crippen LogP contribution in [0.1, 0.15) is 29.6 Å². The first-order valence-corrected chi connectivity index (χ1v) is 6.81. The van der Waals surface area contributed by atoms with Gasteiger partial charge >= 0.3 is 0 Å². The number of rotatable bonds is 5. The Balaban J connectivity index is 1.79. The molecule has 6 heteroatoms. The highest BCUT2D eigenvalue weighted by atomic mass is 16.2. The Kier molecular flexibility index (Phi) is 4.55. The fraction of sp³-hybridized carbons (Fsp3) is 0.500. The topological polar surface area (TPSA) is 71.4 Å². The van der Waals surface area contributed by atoms with Crippen LogP contribution in [0.2, 0.25) is 0 Å². The minimum Gasteiger partial charge on any atom is -0.352 e. The molecule has 0 atom stereocenters. The van der Waals surface area contributed by atoms with Gasteiger partial charge in [0.25, 0.3) is 11.5 Å². The first kappa shape index (κ1) is 14.3. The molecule has 0 aliphatic carbocycles. The lowest BCUT2D eigenvalue weighted by atomic mass is 10.2. The summed E-state index contributed by atoms with van der Waals surface area (Å²) in [5.74, 6) is -0.174. The largest absolute Gasteiger partial charge is 0.352 e. The summed E-state index contributed by atoms with van der Waals surface area (Å²) in [4.78, 5) is 36.8. The van der Waals surface area contributed by atoms with Crippen LogP contribution in [0.5, 0.6) is 0 Å². The minimum absolute atomic E-state index is 0.146. The molecule has 1 aromatic heterocycles. The van der Waals surface area contributed by atoms with E-state index in [0.29, 0.717) is 25.9 Å². The number of nitrogens with one attached hydrogen (secondary N) is 1. The Hall–Kier alpha value is -2.11. The normalized spacial score (nSPS) is 14.7. The minimum atomic E-state index is -0.362. The number of carbonyl (C=O) groups is 2. The summed E-state index contributed by atoms with van der Waals surface area (Å²) in [6.45, 7) is 1.93. The van der Waals surface area contributed by atoms with Crippen molar-refractivity contribution in [3.63, 3.8) is 0 Å². The van der Waals surface area contributed by atoms with E-state index >= 15 is 0 Å². The number of hydrogen-bond donors (Lipinski definition) is 1. The monoisotopic (exact) mass is 277 g/mol.